The van der Waals surface area contributed by atoms with Gasteiger partial charge in [0.05, 0.1) is 86.1 Å². The lowest BCUT2D eigenvalue weighted by Crippen LogP contribution is -2.59. The Labute approximate surface area is 556 Å². The Morgan fingerprint density at radius 1 is 0.777 bits per heavy atom. The normalized spacial score (nSPS) is 22.3. The third-order valence-electron chi connectivity index (χ3n) is 17.8. The number of carbonyl (C=O) groups is 6. The zero-order valence-corrected chi connectivity index (χ0v) is 49.4. The van der Waals surface area contributed by atoms with Crippen LogP contribution in [0, 0.1) is 37.0 Å². The van der Waals surface area contributed by atoms with Crippen LogP contribution >= 0.6 is 0 Å². The molecule has 1 aliphatic heterocycles. The second-order valence-corrected chi connectivity index (χ2v) is 23.5. The molecule has 1 saturated carbocycles. The van der Waals surface area contributed by atoms with E-state index in [4.69, 9.17) is 24.7 Å². The van der Waals surface area contributed by atoms with E-state index in [0.717, 1.165) is 19.8 Å². The fourth-order valence-electron chi connectivity index (χ4n) is 12.9. The Kier molecular flexibility index (Phi) is 34.2. The zero-order valence-electron chi connectivity index (χ0n) is 49.4. The molecular formula is C71H108N4O19. The number of aliphatic hydroxyl groups is 5. The van der Waals surface area contributed by atoms with Crippen molar-refractivity contribution in [1.82, 2.24) is 10.7 Å². The molecule has 4 aliphatic rings. The number of benzene rings is 4. The lowest BCUT2D eigenvalue weighted by Gasteiger charge is -2.44. The number of aromatic hydroxyl groups is 2. The summed E-state index contributed by atoms with van der Waals surface area (Å²) in [6.45, 7) is 1.27. The van der Waals surface area contributed by atoms with E-state index in [-0.39, 0.29) is 112 Å². The van der Waals surface area contributed by atoms with Crippen molar-refractivity contribution in [3.05, 3.63) is 131 Å². The summed E-state index contributed by atoms with van der Waals surface area (Å²) in [5.74, 6) is -17.6. The first kappa shape index (κ1) is 86.7. The highest BCUT2D eigenvalue weighted by Crippen LogP contribution is 2.53. The van der Waals surface area contributed by atoms with E-state index in [1.54, 1.807) is 67.6 Å². The van der Waals surface area contributed by atoms with E-state index in [1.165, 1.54) is 25.3 Å². The highest BCUT2D eigenvalue weighted by Gasteiger charge is 2.51. The molecule has 8 rings (SSSR count). The van der Waals surface area contributed by atoms with Crippen LogP contribution in [-0.4, -0.2) is 158 Å². The maximum absolute atomic E-state index is 14.9. The molecule has 1 heterocycles. The number of nitrogens with one attached hydrogen (secondary N) is 2. The predicted octanol–water partition coefficient (Wildman–Crippen LogP) is 7.54. The fourth-order valence-corrected chi connectivity index (χ4v) is 12.9. The molecule has 0 spiro atoms. The number of ether oxygens (including phenoxy) is 4. The van der Waals surface area contributed by atoms with Crippen LogP contribution < -0.4 is 26.3 Å². The van der Waals surface area contributed by atoms with Gasteiger partial charge in [-0.05, 0) is 79.9 Å². The van der Waals surface area contributed by atoms with Gasteiger partial charge < -0.3 is 80.8 Å². The van der Waals surface area contributed by atoms with Gasteiger partial charge in [0.25, 0.3) is 0 Å². The van der Waals surface area contributed by atoms with Gasteiger partial charge in [-0.25, -0.2) is 5.43 Å². The highest BCUT2D eigenvalue weighted by atomic mass is 16.7. The largest absolute Gasteiger partial charge is 0.550 e. The van der Waals surface area contributed by atoms with E-state index in [9.17, 15) is 74.7 Å². The minimum atomic E-state index is -2.44. The molecule has 23 heteroatoms. The summed E-state index contributed by atoms with van der Waals surface area (Å²) in [7, 11) is 1.30. The van der Waals surface area contributed by atoms with Gasteiger partial charge in [0, 0.05) is 67.4 Å². The number of hydrogen-bond donors (Lipinski definition) is 11. The standard InChI is InChI=1S/C63H78N4O19.7CH4.CH3/c1-32(35-14-7-5-8-15-35)23-41(61(80)81)48(59(77)65-62(29-69,30-70)31-71)40(36-16-9-6-10-17-36)25-39(34(3)60(78)79)58(76)67-66-46(28-68)63(82)26-42-50(45(27-63)85-37-22-33(2)57(43(64)24-37)86-47-20-11-12-21-84-47)56(75)52-51(54(42)73)53(72)38-18-13-19-44(83-4)49(38)55(52)74;;;;;;;;/h5-10,13-19,32-34,37,39-41,43,45,47-48,57,68-71,73,75,82H,11-12,20-31,64H2,1-4H3,(H,65,77)(H,67,76)(H,78,79)(H,80,81);7*1H4;1H3/q;;;;;;;;+1/p-1/t32?,33?,34?,37-,39?,40?,41?,43?,45+,47-,48?,57-,63+;;;;;;;;/m0......../s1. The van der Waals surface area contributed by atoms with Crippen LogP contribution in [-0.2, 0) is 39.8 Å². The van der Waals surface area contributed by atoms with Gasteiger partial charge in [-0.1, -0.05) is 146 Å². The van der Waals surface area contributed by atoms with E-state index < -0.39 is 187 Å². The summed E-state index contributed by atoms with van der Waals surface area (Å²) >= 11 is 0. The number of hydrazone groups is 1. The summed E-state index contributed by atoms with van der Waals surface area (Å²) in [5, 5.41) is 111. The number of hydrogen-bond acceptors (Lipinski definition) is 20. The number of nitrogens with zero attached hydrogens (tertiary/aromatic N) is 1. The molecule has 526 valence electrons. The molecule has 3 aliphatic carbocycles. The number of nitrogens with two attached hydrogens (primary N) is 1. The minimum Gasteiger partial charge on any atom is -0.550 e. The number of rotatable bonds is 25. The van der Waals surface area contributed by atoms with E-state index in [0.29, 0.717) is 25.0 Å². The molecule has 0 aromatic heterocycles. The summed E-state index contributed by atoms with van der Waals surface area (Å²) in [6.07, 6.45) is -2.24. The number of amides is 2. The van der Waals surface area contributed by atoms with Crippen LogP contribution in [0.5, 0.6) is 17.2 Å². The molecule has 1 saturated heterocycles. The van der Waals surface area contributed by atoms with Gasteiger partial charge in [0.15, 0.2) is 12.1 Å². The zero-order chi connectivity index (χ0) is 62.4. The van der Waals surface area contributed by atoms with E-state index in [1.807, 2.05) is 6.92 Å². The van der Waals surface area contributed by atoms with Crippen LogP contribution in [0.15, 0.2) is 84.0 Å². The number of carboxylic acids is 2. The lowest BCUT2D eigenvalue weighted by atomic mass is 9.69. The molecule has 2 amide bonds. The number of phenolic OH excluding ortho intramolecular Hbond substituents is 2. The monoisotopic (exact) mass is 1320 g/mol. The number of carboxylic acid groups (broad SMARTS) is 2. The molecule has 8 unspecified atom stereocenters. The molecule has 23 nitrogen and oxygen atoms in total. The van der Waals surface area contributed by atoms with Gasteiger partial charge >= 0.3 is 5.97 Å². The van der Waals surface area contributed by atoms with Gasteiger partial charge in [0.1, 0.15) is 28.4 Å². The van der Waals surface area contributed by atoms with Gasteiger partial charge in [-0.2, -0.15) is 5.10 Å². The molecule has 4 aromatic carbocycles. The Balaban J connectivity index is 0.0000108. The van der Waals surface area contributed by atoms with Gasteiger partial charge in [-0.3, -0.25) is 24.0 Å². The van der Waals surface area contributed by atoms with Crippen molar-refractivity contribution in [1.29, 1.82) is 0 Å². The summed E-state index contributed by atoms with van der Waals surface area (Å²) < 4.78 is 24.4. The van der Waals surface area contributed by atoms with Gasteiger partial charge in [0.2, 0.25) is 17.6 Å². The molecule has 0 bridgehead atoms. The van der Waals surface area contributed by atoms with Crippen molar-refractivity contribution in [3.8, 4) is 17.2 Å². The van der Waals surface area contributed by atoms with Crippen LogP contribution in [0.3, 0.4) is 0 Å². The first-order valence-corrected chi connectivity index (χ1v) is 29.0. The van der Waals surface area contributed by atoms with Crippen molar-refractivity contribution >= 4 is 41.0 Å². The van der Waals surface area contributed by atoms with Crippen molar-refractivity contribution in [2.24, 2.45) is 40.4 Å². The Morgan fingerprint density at radius 2 is 1.37 bits per heavy atom. The quantitative estimate of drug-likeness (QED) is 0.0116. The maximum atomic E-state index is 14.9. The third kappa shape index (κ3) is 18.0. The first-order chi connectivity index (χ1) is 41.1. The SMILES string of the molecule is C.C.C.C.C.C.C.COc1cccc2c1C(=O)c1c(O)c3c(c(O)c1C2=O)C[C@](O)(C(CO)=NNC(=O)C(CC(c1ccccc1)C(C(=O)NC(CO)(CO)CO)C(CC(C)c1ccccc1)C(=O)O)C(C)C(=O)[O-])C[C@H]3O[C@H]1CC(C)[C@H](O[C@H]2CCCCO2)C(N)C1.[CH3+]. The number of carbonyl (C=O) groups excluding carboxylic acids is 5. The first-order valence-electron chi connectivity index (χ1n) is 29.0. The van der Waals surface area contributed by atoms with Crippen LogP contribution in [0.1, 0.15) is 196 Å². The molecule has 94 heavy (non-hydrogen) atoms. The van der Waals surface area contributed by atoms with Crippen LogP contribution in [0.2, 0.25) is 0 Å². The molecule has 2 fully saturated rings. The Hall–Kier alpha value is -7.32. The number of ketones is 2. The second-order valence-electron chi connectivity index (χ2n) is 23.5. The fraction of sp³-hybridized carbons (Fsp3) is 0.549. The highest BCUT2D eigenvalue weighted by molar-refractivity contribution is 6.31. The molecule has 0 radical (unpaired) electrons. The molecule has 12 N–H and O–H groups in total. The second kappa shape index (κ2) is 37.1. The van der Waals surface area contributed by atoms with Gasteiger partial charge in [-0.15, -0.1) is 0 Å². The lowest BCUT2D eigenvalue weighted by molar-refractivity contribution is -0.312. The smallest absolute Gasteiger partial charge is 0.307 e. The number of methoxy groups -OCH3 is 1. The average molecular weight is 1320 g/mol. The van der Waals surface area contributed by atoms with Crippen molar-refractivity contribution in [3.63, 3.8) is 0 Å². The van der Waals surface area contributed by atoms with Crippen molar-refractivity contribution in [2.75, 3.05) is 40.1 Å². The Bertz CT molecular complexity index is 3130. The summed E-state index contributed by atoms with van der Waals surface area (Å²) in [6, 6.07) is 20.3. The summed E-state index contributed by atoms with van der Waals surface area (Å²) in [4.78, 5) is 85.3. The minimum absolute atomic E-state index is 0. The van der Waals surface area contributed by atoms with Crippen LogP contribution in [0.4, 0.5) is 0 Å². The topological polar surface area (TPSA) is 387 Å². The summed E-state index contributed by atoms with van der Waals surface area (Å²) in [5.41, 5.74) is 3.08. The number of fused-ring (bicyclic) bond motifs is 3. The third-order valence-corrected chi connectivity index (χ3v) is 17.8. The maximum Gasteiger partial charge on any atom is 0.307 e. The van der Waals surface area contributed by atoms with Crippen molar-refractivity contribution < 1.29 is 93.7 Å². The molecule has 4 aromatic rings. The number of aliphatic hydroxyl groups excluding tert-OH is 4. The number of phenols is 2. The predicted molar refractivity (Wildman–Crippen MR) is 359 cm³/mol. The average Bonchev–Trinajstić information content (AvgIpc) is 0.712. The van der Waals surface area contributed by atoms with E-state index in [2.05, 4.69) is 15.8 Å². The Morgan fingerprint density at radius 3 is 1.90 bits per heavy atom. The van der Waals surface area contributed by atoms with E-state index >= 15 is 0 Å². The molecular weight excluding hydrogens is 1210 g/mol. The number of aliphatic carboxylic acids is 2. The van der Waals surface area contributed by atoms with Crippen LogP contribution in [0.25, 0.3) is 0 Å². The molecule has 13 atom stereocenters. The van der Waals surface area contributed by atoms with Crippen molar-refractivity contribution in [2.45, 2.75) is 184 Å².